The van der Waals surface area contributed by atoms with Crippen LogP contribution in [0.3, 0.4) is 0 Å². The maximum absolute atomic E-state index is 11.1. The summed E-state index contributed by atoms with van der Waals surface area (Å²) in [5, 5.41) is 11.9. The van der Waals surface area contributed by atoms with Crippen LogP contribution in [0.4, 0.5) is 11.4 Å². The van der Waals surface area contributed by atoms with Crippen LogP contribution in [-0.4, -0.2) is 29.0 Å². The summed E-state index contributed by atoms with van der Waals surface area (Å²) < 4.78 is 0. The van der Waals surface area contributed by atoms with Crippen LogP contribution in [0.2, 0.25) is 0 Å². The van der Waals surface area contributed by atoms with E-state index in [0.717, 1.165) is 30.5 Å². The van der Waals surface area contributed by atoms with E-state index in [9.17, 15) is 10.1 Å². The maximum atomic E-state index is 11.1. The molecule has 0 radical (unpaired) electrons. The van der Waals surface area contributed by atoms with Crippen molar-refractivity contribution in [3.05, 3.63) is 40.6 Å². The number of pyridine rings is 1. The van der Waals surface area contributed by atoms with Gasteiger partial charge in [-0.25, -0.2) is 4.98 Å². The van der Waals surface area contributed by atoms with E-state index >= 15 is 0 Å². The molecular weight excluding hydrogens is 256 g/mol. The molecule has 0 saturated carbocycles. The number of nitro groups is 1. The molecule has 0 spiro atoms. The van der Waals surface area contributed by atoms with E-state index in [1.807, 2.05) is 18.2 Å². The van der Waals surface area contributed by atoms with Gasteiger partial charge in [-0.15, -0.1) is 0 Å². The van der Waals surface area contributed by atoms with Crippen molar-refractivity contribution in [3.63, 3.8) is 0 Å². The van der Waals surface area contributed by atoms with Gasteiger partial charge in [-0.05, 0) is 31.0 Å². The number of non-ortho nitro benzene ring substituents is 1. The number of fused-ring (bicyclic) bond motifs is 1. The number of hydrogen-bond acceptors (Lipinski definition) is 5. The monoisotopic (exact) mass is 272 g/mol. The largest absolute Gasteiger partial charge is 0.367 e. The standard InChI is InChI=1S/C14H16N4O2/c15-9-10-3-2-8-17(10)12-5-6-13(18(19)20)14-11(12)4-1-7-16-14/h1,4-7,10H,2-3,8-9,15H2. The van der Waals surface area contributed by atoms with Crippen molar-refractivity contribution < 1.29 is 4.92 Å². The average molecular weight is 272 g/mol. The first-order valence-corrected chi connectivity index (χ1v) is 6.71. The fourth-order valence-electron chi connectivity index (χ4n) is 2.94. The Morgan fingerprint density at radius 3 is 3.05 bits per heavy atom. The molecule has 1 saturated heterocycles. The summed E-state index contributed by atoms with van der Waals surface area (Å²) in [6.45, 7) is 1.53. The number of nitrogens with zero attached hydrogens (tertiary/aromatic N) is 3. The molecule has 1 aromatic heterocycles. The van der Waals surface area contributed by atoms with Crippen molar-refractivity contribution in [3.8, 4) is 0 Å². The minimum atomic E-state index is -0.385. The molecule has 1 aliphatic rings. The summed E-state index contributed by atoms with van der Waals surface area (Å²) in [4.78, 5) is 17.1. The second-order valence-corrected chi connectivity index (χ2v) is 4.99. The highest BCUT2D eigenvalue weighted by Crippen LogP contribution is 2.35. The second kappa shape index (κ2) is 5.05. The molecule has 0 aliphatic carbocycles. The summed E-state index contributed by atoms with van der Waals surface area (Å²) in [5.41, 5.74) is 7.30. The lowest BCUT2D eigenvalue weighted by Crippen LogP contribution is -2.35. The maximum Gasteiger partial charge on any atom is 0.295 e. The third kappa shape index (κ3) is 1.98. The second-order valence-electron chi connectivity index (χ2n) is 4.99. The van der Waals surface area contributed by atoms with Crippen molar-refractivity contribution in [2.24, 2.45) is 5.73 Å². The van der Waals surface area contributed by atoms with Crippen molar-refractivity contribution in [1.29, 1.82) is 0 Å². The van der Waals surface area contributed by atoms with E-state index in [1.165, 1.54) is 6.07 Å². The molecule has 104 valence electrons. The molecule has 2 N–H and O–H groups in total. The minimum Gasteiger partial charge on any atom is -0.367 e. The van der Waals surface area contributed by atoms with Crippen LogP contribution < -0.4 is 10.6 Å². The Balaban J connectivity index is 2.18. The van der Waals surface area contributed by atoms with E-state index < -0.39 is 0 Å². The first-order chi connectivity index (χ1) is 9.72. The fourth-order valence-corrected chi connectivity index (χ4v) is 2.94. The van der Waals surface area contributed by atoms with Gasteiger partial charge in [-0.2, -0.15) is 0 Å². The van der Waals surface area contributed by atoms with Gasteiger partial charge < -0.3 is 10.6 Å². The van der Waals surface area contributed by atoms with Crippen molar-refractivity contribution in [2.75, 3.05) is 18.0 Å². The fraction of sp³-hybridized carbons (Fsp3) is 0.357. The van der Waals surface area contributed by atoms with Crippen molar-refractivity contribution in [1.82, 2.24) is 4.98 Å². The van der Waals surface area contributed by atoms with Gasteiger partial charge in [0.15, 0.2) is 0 Å². The topological polar surface area (TPSA) is 85.3 Å². The molecule has 3 rings (SSSR count). The van der Waals surface area contributed by atoms with Crippen LogP contribution in [0.1, 0.15) is 12.8 Å². The number of benzene rings is 1. The summed E-state index contributed by atoms with van der Waals surface area (Å²) in [6.07, 6.45) is 3.75. The molecular formula is C14H16N4O2. The molecule has 20 heavy (non-hydrogen) atoms. The van der Waals surface area contributed by atoms with Gasteiger partial charge in [0.2, 0.25) is 0 Å². The van der Waals surface area contributed by atoms with Crippen LogP contribution in [0.5, 0.6) is 0 Å². The first kappa shape index (κ1) is 12.8. The Kier molecular flexibility index (Phi) is 3.23. The van der Waals surface area contributed by atoms with Crippen LogP contribution in [0.25, 0.3) is 10.9 Å². The first-order valence-electron chi connectivity index (χ1n) is 6.71. The van der Waals surface area contributed by atoms with Gasteiger partial charge in [-0.1, -0.05) is 0 Å². The summed E-state index contributed by atoms with van der Waals surface area (Å²) >= 11 is 0. The van der Waals surface area contributed by atoms with E-state index in [-0.39, 0.29) is 10.6 Å². The molecule has 1 unspecified atom stereocenters. The molecule has 1 fully saturated rings. The Bertz CT molecular complexity index is 659. The van der Waals surface area contributed by atoms with Crippen LogP contribution >= 0.6 is 0 Å². The number of aromatic nitrogens is 1. The zero-order chi connectivity index (χ0) is 14.1. The van der Waals surface area contributed by atoms with Gasteiger partial charge in [0, 0.05) is 42.5 Å². The molecule has 1 atom stereocenters. The van der Waals surface area contributed by atoms with E-state index in [4.69, 9.17) is 5.73 Å². The Labute approximate surface area is 116 Å². The zero-order valence-electron chi connectivity index (χ0n) is 11.0. The van der Waals surface area contributed by atoms with Gasteiger partial charge in [0.05, 0.1) is 4.92 Å². The van der Waals surface area contributed by atoms with Crippen molar-refractivity contribution in [2.45, 2.75) is 18.9 Å². The SMILES string of the molecule is NCC1CCCN1c1ccc([N+](=O)[O-])c2ncccc12. The Morgan fingerprint density at radius 2 is 2.30 bits per heavy atom. The van der Waals surface area contributed by atoms with Crippen molar-refractivity contribution >= 4 is 22.3 Å². The van der Waals surface area contributed by atoms with E-state index in [0.29, 0.717) is 18.1 Å². The predicted molar refractivity (Wildman–Crippen MR) is 77.8 cm³/mol. The number of anilines is 1. The molecule has 2 heterocycles. The van der Waals surface area contributed by atoms with Gasteiger partial charge in [0.25, 0.3) is 5.69 Å². The van der Waals surface area contributed by atoms with E-state index in [2.05, 4.69) is 9.88 Å². The molecule has 1 aromatic carbocycles. The lowest BCUT2D eigenvalue weighted by Gasteiger charge is -2.26. The third-order valence-corrected chi connectivity index (χ3v) is 3.88. The predicted octanol–water partition coefficient (Wildman–Crippen LogP) is 2.07. The zero-order valence-corrected chi connectivity index (χ0v) is 11.0. The lowest BCUT2D eigenvalue weighted by atomic mass is 10.1. The van der Waals surface area contributed by atoms with Gasteiger partial charge in [0.1, 0.15) is 5.52 Å². The smallest absolute Gasteiger partial charge is 0.295 e. The summed E-state index contributed by atoms with van der Waals surface area (Å²) in [7, 11) is 0. The number of nitro benzene ring substituents is 1. The minimum absolute atomic E-state index is 0.0489. The average Bonchev–Trinajstić information content (AvgIpc) is 2.94. The normalized spacial score (nSPS) is 18.6. The molecule has 6 heteroatoms. The Morgan fingerprint density at radius 1 is 1.45 bits per heavy atom. The molecule has 2 aromatic rings. The summed E-state index contributed by atoms with van der Waals surface area (Å²) in [6, 6.07) is 7.35. The number of nitrogens with two attached hydrogens (primary N) is 1. The molecule has 0 bridgehead atoms. The number of hydrogen-bond donors (Lipinski definition) is 1. The van der Waals surface area contributed by atoms with Crippen LogP contribution in [0.15, 0.2) is 30.5 Å². The number of rotatable bonds is 3. The quantitative estimate of drug-likeness (QED) is 0.683. The highest BCUT2D eigenvalue weighted by Gasteiger charge is 2.26. The third-order valence-electron chi connectivity index (χ3n) is 3.88. The van der Waals surface area contributed by atoms with Gasteiger partial charge >= 0.3 is 0 Å². The van der Waals surface area contributed by atoms with Crippen LogP contribution in [0, 0.1) is 10.1 Å². The van der Waals surface area contributed by atoms with Crippen LogP contribution in [-0.2, 0) is 0 Å². The van der Waals surface area contributed by atoms with E-state index in [1.54, 1.807) is 6.20 Å². The summed E-state index contributed by atoms with van der Waals surface area (Å²) in [5.74, 6) is 0. The Hall–Kier alpha value is -2.21. The highest BCUT2D eigenvalue weighted by molar-refractivity contribution is 5.97. The molecule has 0 amide bonds. The highest BCUT2D eigenvalue weighted by atomic mass is 16.6. The lowest BCUT2D eigenvalue weighted by molar-refractivity contribution is -0.383. The molecule has 1 aliphatic heterocycles. The molecule has 6 nitrogen and oxygen atoms in total. The van der Waals surface area contributed by atoms with Gasteiger partial charge in [-0.3, -0.25) is 10.1 Å².